The van der Waals surface area contributed by atoms with Crippen LogP contribution in [0.2, 0.25) is 6.04 Å². The number of carbonyl (C=O) groups is 2. The Balaban J connectivity index is 4.47. The van der Waals surface area contributed by atoms with Gasteiger partial charge in [-0.25, -0.2) is 0 Å². The van der Waals surface area contributed by atoms with Gasteiger partial charge in [0.25, 0.3) is 0 Å². The summed E-state index contributed by atoms with van der Waals surface area (Å²) in [6.07, 6.45) is 13.6. The number of quaternary nitrogens is 1. The van der Waals surface area contributed by atoms with Crippen molar-refractivity contribution in [2.24, 2.45) is 0 Å². The lowest BCUT2D eigenvalue weighted by molar-refractivity contribution is -0.890. The van der Waals surface area contributed by atoms with Gasteiger partial charge in [-0.15, -0.1) is 0 Å². The monoisotopic (exact) mass is 602 g/mol. The first-order valence-electron chi connectivity index (χ1n) is 16.9. The van der Waals surface area contributed by atoms with E-state index in [2.05, 4.69) is 33.3 Å². The first-order chi connectivity index (χ1) is 19.6. The third-order valence-electron chi connectivity index (χ3n) is 7.63. The Kier molecular flexibility index (Phi) is 23.8. The molecular weight excluding hydrogens is 534 g/mol. The maximum absolute atomic E-state index is 13.1. The number of hydrogen-bond donors (Lipinski definition) is 1. The van der Waals surface area contributed by atoms with Crippen molar-refractivity contribution < 1.29 is 27.4 Å². The molecule has 0 heterocycles. The number of rotatable bonds is 28. The Morgan fingerprint density at radius 1 is 0.707 bits per heavy atom. The van der Waals surface area contributed by atoms with E-state index in [4.69, 9.17) is 13.3 Å². The Hall–Kier alpha value is -1.00. The van der Waals surface area contributed by atoms with Crippen molar-refractivity contribution in [2.45, 2.75) is 137 Å². The molecule has 41 heavy (non-hydrogen) atoms. The van der Waals surface area contributed by atoms with Gasteiger partial charge in [-0.05, 0) is 59.8 Å². The zero-order valence-corrected chi connectivity index (χ0v) is 29.4. The predicted molar refractivity (Wildman–Crippen MR) is 173 cm³/mol. The van der Waals surface area contributed by atoms with Crippen LogP contribution in [0.3, 0.4) is 0 Å². The molecule has 1 unspecified atom stereocenters. The molecule has 1 N–H and O–H groups in total. The summed E-state index contributed by atoms with van der Waals surface area (Å²) in [5, 5.41) is 2.98. The fourth-order valence-corrected chi connectivity index (χ4v) is 7.87. The first-order valence-corrected chi connectivity index (χ1v) is 18.8. The lowest BCUT2D eigenvalue weighted by Gasteiger charge is -2.32. The fourth-order valence-electron chi connectivity index (χ4n) is 5.28. The molecule has 0 radical (unpaired) electrons. The summed E-state index contributed by atoms with van der Waals surface area (Å²) in [5.41, 5.74) is 0. The highest BCUT2D eigenvalue weighted by Crippen LogP contribution is 2.20. The van der Waals surface area contributed by atoms with Crippen LogP contribution in [0.1, 0.15) is 125 Å². The largest absolute Gasteiger partial charge is 0.501 e. The second-order valence-corrected chi connectivity index (χ2v) is 14.7. The standard InChI is InChI=1S/C32H67N3O5Si/c1-9-14-16-20-25-34(26-21-17-15-10-2)32(37)30(6)33-31(36)24-19-18-22-27-35(7,8)28-23-29-41(38-11-3,39-12-4)40-13-5/h30H,9-29H2,1-8H3/p+1. The molecule has 0 aromatic rings. The summed E-state index contributed by atoms with van der Waals surface area (Å²) < 4.78 is 18.9. The summed E-state index contributed by atoms with van der Waals surface area (Å²) in [6, 6.07) is 0.382. The Morgan fingerprint density at radius 3 is 1.68 bits per heavy atom. The van der Waals surface area contributed by atoms with E-state index >= 15 is 0 Å². The van der Waals surface area contributed by atoms with Crippen LogP contribution in [-0.2, 0) is 22.9 Å². The quantitative estimate of drug-likeness (QED) is 0.0624. The van der Waals surface area contributed by atoms with E-state index in [1.807, 2.05) is 32.6 Å². The molecule has 0 aliphatic carbocycles. The SMILES string of the molecule is CCCCCCN(CCCCCC)C(=O)C(C)NC(=O)CCCCC[N+](C)(C)CCC[Si](OCC)(OCC)OCC. The van der Waals surface area contributed by atoms with Crippen molar-refractivity contribution in [3.8, 4) is 0 Å². The minimum absolute atomic E-state index is 0.0133. The summed E-state index contributed by atoms with van der Waals surface area (Å²) in [5.74, 6) is 0.0519. The number of nitrogens with zero attached hydrogens (tertiary/aromatic N) is 2. The smallest absolute Gasteiger partial charge is 0.374 e. The van der Waals surface area contributed by atoms with E-state index in [9.17, 15) is 9.59 Å². The molecule has 244 valence electrons. The van der Waals surface area contributed by atoms with Crippen LogP contribution in [0.5, 0.6) is 0 Å². The molecule has 0 saturated carbocycles. The van der Waals surface area contributed by atoms with E-state index in [1.165, 1.54) is 25.7 Å². The van der Waals surface area contributed by atoms with E-state index in [0.29, 0.717) is 26.2 Å². The topological polar surface area (TPSA) is 77.1 Å². The average Bonchev–Trinajstić information content (AvgIpc) is 2.92. The molecule has 2 amide bonds. The number of carbonyl (C=O) groups excluding carboxylic acids is 2. The highest BCUT2D eigenvalue weighted by molar-refractivity contribution is 6.60. The van der Waals surface area contributed by atoms with E-state index in [-0.39, 0.29) is 11.8 Å². The van der Waals surface area contributed by atoms with Crippen LogP contribution in [-0.4, -0.2) is 96.1 Å². The lowest BCUT2D eigenvalue weighted by Crippen LogP contribution is -2.48. The van der Waals surface area contributed by atoms with Crippen molar-refractivity contribution in [3.63, 3.8) is 0 Å². The van der Waals surface area contributed by atoms with Gasteiger partial charge in [-0.2, -0.15) is 0 Å². The van der Waals surface area contributed by atoms with E-state index in [0.717, 1.165) is 88.1 Å². The molecule has 0 aliphatic rings. The average molecular weight is 603 g/mol. The van der Waals surface area contributed by atoms with Crippen LogP contribution in [0.4, 0.5) is 0 Å². The van der Waals surface area contributed by atoms with Gasteiger partial charge in [-0.1, -0.05) is 52.4 Å². The number of nitrogens with one attached hydrogen (secondary N) is 1. The first kappa shape index (κ1) is 40.0. The Labute approximate surface area is 255 Å². The molecule has 0 rings (SSSR count). The summed E-state index contributed by atoms with van der Waals surface area (Å²) in [4.78, 5) is 27.7. The van der Waals surface area contributed by atoms with Crippen LogP contribution in [0.15, 0.2) is 0 Å². The summed E-state index contributed by atoms with van der Waals surface area (Å²) in [6.45, 7) is 17.8. The van der Waals surface area contributed by atoms with E-state index < -0.39 is 14.8 Å². The highest BCUT2D eigenvalue weighted by atomic mass is 28.4. The second kappa shape index (κ2) is 24.4. The van der Waals surface area contributed by atoms with Crippen LogP contribution >= 0.6 is 0 Å². The Morgan fingerprint density at radius 2 is 1.20 bits per heavy atom. The molecule has 1 atom stereocenters. The number of amides is 2. The summed E-state index contributed by atoms with van der Waals surface area (Å²) >= 11 is 0. The molecule has 0 spiro atoms. The van der Waals surface area contributed by atoms with Gasteiger partial charge in [0.05, 0.1) is 27.2 Å². The molecule has 0 bridgehead atoms. The molecular formula is C32H68N3O5Si+. The molecule has 0 saturated heterocycles. The maximum atomic E-state index is 13.1. The minimum Gasteiger partial charge on any atom is -0.374 e. The third kappa shape index (κ3) is 19.7. The van der Waals surface area contributed by atoms with Crippen LogP contribution in [0, 0.1) is 0 Å². The third-order valence-corrected chi connectivity index (χ3v) is 10.8. The van der Waals surface area contributed by atoms with Crippen LogP contribution < -0.4 is 5.32 Å². The van der Waals surface area contributed by atoms with Gasteiger partial charge < -0.3 is 28.0 Å². The highest BCUT2D eigenvalue weighted by Gasteiger charge is 2.40. The van der Waals surface area contributed by atoms with Gasteiger partial charge in [0, 0.05) is 51.8 Å². The second-order valence-electron chi connectivity index (χ2n) is 12.0. The van der Waals surface area contributed by atoms with Gasteiger partial charge in [0.2, 0.25) is 11.8 Å². The predicted octanol–water partition coefficient (Wildman–Crippen LogP) is 6.56. The van der Waals surface area contributed by atoms with Crippen molar-refractivity contribution in [2.75, 3.05) is 60.1 Å². The van der Waals surface area contributed by atoms with Gasteiger partial charge in [0.1, 0.15) is 6.04 Å². The molecule has 0 aromatic carbocycles. The van der Waals surface area contributed by atoms with Crippen molar-refractivity contribution >= 4 is 20.6 Å². The van der Waals surface area contributed by atoms with Gasteiger partial charge in [-0.3, -0.25) is 9.59 Å². The number of unbranched alkanes of at least 4 members (excludes halogenated alkanes) is 8. The fraction of sp³-hybridized carbons (Fsp3) is 0.938. The zero-order valence-electron chi connectivity index (χ0n) is 28.4. The minimum atomic E-state index is -2.58. The molecule has 0 fully saturated rings. The van der Waals surface area contributed by atoms with Crippen LogP contribution in [0.25, 0.3) is 0 Å². The van der Waals surface area contributed by atoms with Gasteiger partial charge >= 0.3 is 8.80 Å². The van der Waals surface area contributed by atoms with Crippen molar-refractivity contribution in [1.82, 2.24) is 10.2 Å². The molecule has 9 heteroatoms. The normalized spacial score (nSPS) is 12.9. The van der Waals surface area contributed by atoms with Gasteiger partial charge in [0.15, 0.2) is 0 Å². The van der Waals surface area contributed by atoms with Crippen molar-refractivity contribution in [3.05, 3.63) is 0 Å². The molecule has 0 aromatic heterocycles. The maximum Gasteiger partial charge on any atom is 0.501 e. The summed E-state index contributed by atoms with van der Waals surface area (Å²) in [7, 11) is 1.95. The molecule has 0 aliphatic heterocycles. The zero-order chi connectivity index (χ0) is 31.0. The number of hydrogen-bond acceptors (Lipinski definition) is 5. The van der Waals surface area contributed by atoms with E-state index in [1.54, 1.807) is 0 Å². The molecule has 8 nitrogen and oxygen atoms in total. The Bertz CT molecular complexity index is 636. The lowest BCUT2D eigenvalue weighted by atomic mass is 10.1. The van der Waals surface area contributed by atoms with Crippen molar-refractivity contribution in [1.29, 1.82) is 0 Å².